The van der Waals surface area contributed by atoms with Crippen LogP contribution in [0.25, 0.3) is 0 Å². The first-order valence-corrected chi connectivity index (χ1v) is 22.2. The van der Waals surface area contributed by atoms with Crippen LogP contribution in [0.1, 0.15) is 120 Å². The molecule has 3 saturated heterocycles. The van der Waals surface area contributed by atoms with E-state index in [-0.39, 0.29) is 77.7 Å². The predicted molar refractivity (Wildman–Crippen MR) is 233 cm³/mol. The number of imide groups is 1. The average molecular weight is 1060 g/mol. The van der Waals surface area contributed by atoms with Crippen molar-refractivity contribution < 1.29 is 59.7 Å². The Hall–Kier alpha value is -4.17. The topological polar surface area (TPSA) is 111 Å². The zero-order valence-corrected chi connectivity index (χ0v) is 39.9. The molecule has 4 aliphatic heterocycles. The summed E-state index contributed by atoms with van der Waals surface area (Å²) in [7, 11) is 1.70. The minimum absolute atomic E-state index is 0. The van der Waals surface area contributed by atoms with Crippen molar-refractivity contribution in [2.45, 2.75) is 94.4 Å². The molecular weight excluding hydrogens is 1010 g/mol. The number of halogens is 1. The van der Waals surface area contributed by atoms with Crippen LogP contribution >= 0.6 is 0 Å². The molecule has 4 fully saturated rings. The molecule has 1 saturated carbocycles. The zero-order chi connectivity index (χ0) is 42.3. The van der Waals surface area contributed by atoms with Gasteiger partial charge in [-0.05, 0) is 110 Å². The third-order valence-corrected chi connectivity index (χ3v) is 14.7. The standard InChI is InChI=1S/C46H50FN3O3.C5H7NO2.U/c1-45(34-9-12-38-33(22-34)28-48-44(38)52)14-18-49(19-15-45)29-30-26-46(27-30)16-20-50(21-17-46)41-25-42(53-2)39(24-40(41)47)43-36(31-6-4-3-5-7-31)11-8-32-23-35(51)10-13-37(32)43;7-4-2-1-3-5(8)6-4;/h3-7,9-10,12-13,23-25,30,36,43,51H,1,8,11,14-21,26-29H2,2H3,(H,48,52);1-3H2,(H,6,7,8);/q-2;;+2. The van der Waals surface area contributed by atoms with Gasteiger partial charge in [-0.1, -0.05) is 54.8 Å². The number of hydrogen-bond acceptors (Lipinski definition) is 7. The Morgan fingerprint density at radius 3 is 2.29 bits per heavy atom. The summed E-state index contributed by atoms with van der Waals surface area (Å²) >= 11 is 0. The maximum Gasteiger partial charge on any atom is 2.00 e. The smallest absolute Gasteiger partial charge is 0.508 e. The van der Waals surface area contributed by atoms with E-state index in [1.165, 1.54) is 18.4 Å². The maximum absolute atomic E-state index is 16.4. The average Bonchev–Trinajstić information content (AvgIpc) is 3.63. The number of benzene rings is 4. The quantitative estimate of drug-likeness (QED) is 0.127. The number of likely N-dealkylation sites (tertiary alicyclic amines) is 1. The summed E-state index contributed by atoms with van der Waals surface area (Å²) in [5, 5.41) is 15.4. The van der Waals surface area contributed by atoms with Gasteiger partial charge in [-0.2, -0.15) is 29.2 Å². The van der Waals surface area contributed by atoms with Crippen LogP contribution in [0, 0.1) is 61.3 Å². The van der Waals surface area contributed by atoms with Crippen molar-refractivity contribution >= 4 is 23.4 Å². The Morgan fingerprint density at radius 1 is 0.887 bits per heavy atom. The van der Waals surface area contributed by atoms with Gasteiger partial charge in [0.1, 0.15) is 17.3 Å². The van der Waals surface area contributed by atoms with Gasteiger partial charge < -0.3 is 31.9 Å². The van der Waals surface area contributed by atoms with E-state index >= 15 is 4.39 Å². The van der Waals surface area contributed by atoms with E-state index in [4.69, 9.17) is 4.74 Å². The Kier molecular flexibility index (Phi) is 13.3. The van der Waals surface area contributed by atoms with E-state index < -0.39 is 0 Å². The molecule has 62 heavy (non-hydrogen) atoms. The maximum atomic E-state index is 16.4. The Morgan fingerprint density at radius 2 is 1.61 bits per heavy atom. The Bertz CT molecular complexity index is 2280. The van der Waals surface area contributed by atoms with Crippen molar-refractivity contribution in [3.63, 3.8) is 0 Å². The third kappa shape index (κ3) is 9.10. The first kappa shape index (κ1) is 44.4. The van der Waals surface area contributed by atoms with E-state index in [0.717, 1.165) is 116 Å². The van der Waals surface area contributed by atoms with Crippen molar-refractivity contribution in [3.05, 3.63) is 131 Å². The number of carbonyl (C=O) groups is 3. The Balaban J connectivity index is 0.000000531. The summed E-state index contributed by atoms with van der Waals surface area (Å²) in [4.78, 5) is 37.6. The molecular formula is C51H57FN4O5U. The van der Waals surface area contributed by atoms with E-state index in [1.807, 2.05) is 30.3 Å². The molecule has 1 spiro atoms. The van der Waals surface area contributed by atoms with Crippen LogP contribution in [0.4, 0.5) is 10.1 Å². The summed E-state index contributed by atoms with van der Waals surface area (Å²) in [5.74, 6) is 1.35. The van der Waals surface area contributed by atoms with E-state index in [1.54, 1.807) is 19.2 Å². The molecule has 9 nitrogen and oxygen atoms in total. The van der Waals surface area contributed by atoms with Crippen LogP contribution in [0.15, 0.2) is 72.8 Å². The number of phenolic OH excluding ortho intramolecular Hbond substituents is 1. The van der Waals surface area contributed by atoms with Crippen LogP contribution in [-0.2, 0) is 28.0 Å². The van der Waals surface area contributed by atoms with Gasteiger partial charge in [0, 0.05) is 56.6 Å². The van der Waals surface area contributed by atoms with Crippen molar-refractivity contribution in [2.75, 3.05) is 44.7 Å². The van der Waals surface area contributed by atoms with Crippen LogP contribution in [0.5, 0.6) is 11.5 Å². The van der Waals surface area contributed by atoms with Gasteiger partial charge in [-0.15, -0.1) is 5.56 Å². The SMILES string of the molecule is O=C1CCCC(=O)N1.[CH2-]C1(c2[c-]c3c(cc2)C(=O)NC3)CCN(CC2CC3(CCN(c4cc(OC)c(C5c6ccc(O)cc6CCC5c5ccccc5)cc4F)CC3)C2)CC1.[U+2]. The largest absolute Gasteiger partial charge is 2.00 e. The third-order valence-electron chi connectivity index (χ3n) is 14.7. The summed E-state index contributed by atoms with van der Waals surface area (Å²) in [5.41, 5.74) is 8.12. The van der Waals surface area contributed by atoms with Crippen molar-refractivity contribution in [1.82, 2.24) is 15.5 Å². The molecule has 322 valence electrons. The fourth-order valence-corrected chi connectivity index (χ4v) is 11.3. The molecule has 3 N–H and O–H groups in total. The molecule has 3 amide bonds. The van der Waals surface area contributed by atoms with Gasteiger partial charge >= 0.3 is 31.1 Å². The molecule has 4 aromatic rings. The normalized spacial score (nSPS) is 22.8. The minimum atomic E-state index is -0.185. The van der Waals surface area contributed by atoms with Crippen LogP contribution < -0.4 is 20.3 Å². The predicted octanol–water partition coefficient (Wildman–Crippen LogP) is 8.12. The van der Waals surface area contributed by atoms with Crippen LogP contribution in [0.3, 0.4) is 0 Å². The number of aromatic hydroxyl groups is 1. The summed E-state index contributed by atoms with van der Waals surface area (Å²) in [6.45, 7) is 10.2. The van der Waals surface area contributed by atoms with Gasteiger partial charge in [0.05, 0.1) is 12.8 Å². The molecule has 10 rings (SSSR count). The number of nitrogens with one attached hydrogen (secondary N) is 2. The summed E-state index contributed by atoms with van der Waals surface area (Å²) in [6.07, 6.45) is 10.2. The first-order valence-electron chi connectivity index (χ1n) is 22.2. The number of phenols is 1. The van der Waals surface area contributed by atoms with Gasteiger partial charge in [-0.25, -0.2) is 4.39 Å². The minimum Gasteiger partial charge on any atom is -0.508 e. The second kappa shape index (κ2) is 18.5. The van der Waals surface area contributed by atoms with E-state index in [0.29, 0.717) is 36.9 Å². The summed E-state index contributed by atoms with van der Waals surface area (Å²) < 4.78 is 22.4. The van der Waals surface area contributed by atoms with Crippen molar-refractivity contribution in [3.8, 4) is 11.5 Å². The molecule has 0 aromatic heterocycles. The van der Waals surface area contributed by atoms with Crippen LogP contribution in [-0.4, -0.2) is 67.6 Å². The number of anilines is 1. The molecule has 11 heteroatoms. The molecule has 2 atom stereocenters. The molecule has 2 aliphatic carbocycles. The van der Waals surface area contributed by atoms with Gasteiger partial charge in [0.2, 0.25) is 11.8 Å². The molecule has 2 unspecified atom stereocenters. The van der Waals surface area contributed by atoms with Gasteiger partial charge in [0.25, 0.3) is 0 Å². The zero-order valence-electron chi connectivity index (χ0n) is 35.7. The number of aryl methyl sites for hydroxylation is 1. The first-order chi connectivity index (χ1) is 29.5. The van der Waals surface area contributed by atoms with Crippen molar-refractivity contribution in [2.24, 2.45) is 11.3 Å². The number of piperidine rings is 3. The molecule has 4 aromatic carbocycles. The van der Waals surface area contributed by atoms with Gasteiger partial charge in [0.15, 0.2) is 5.91 Å². The monoisotopic (exact) mass is 1060 g/mol. The second-order valence-corrected chi connectivity index (χ2v) is 18.6. The Labute approximate surface area is 388 Å². The summed E-state index contributed by atoms with van der Waals surface area (Å²) in [6, 6.07) is 27.4. The number of ether oxygens (including phenoxy) is 1. The number of carbonyl (C=O) groups excluding carboxylic acids is 3. The van der Waals surface area contributed by atoms with Crippen LogP contribution in [0.2, 0.25) is 0 Å². The number of methoxy groups -OCH3 is 1. The second-order valence-electron chi connectivity index (χ2n) is 18.6. The number of amides is 3. The van der Waals surface area contributed by atoms with Gasteiger partial charge in [-0.3, -0.25) is 19.7 Å². The number of fused-ring (bicyclic) bond motifs is 2. The fraction of sp³-hybridized carbons (Fsp3) is 0.451. The van der Waals surface area contributed by atoms with E-state index in [9.17, 15) is 19.5 Å². The number of rotatable bonds is 7. The number of nitrogens with zero attached hydrogens (tertiary/aromatic N) is 2. The fourth-order valence-electron chi connectivity index (χ4n) is 11.3. The van der Waals surface area contributed by atoms with Crippen molar-refractivity contribution in [1.29, 1.82) is 0 Å². The molecule has 6 aliphatic rings. The number of hydrogen-bond donors (Lipinski definition) is 3. The molecule has 4 heterocycles. The molecule has 0 radical (unpaired) electrons. The molecule has 0 bridgehead atoms. The van der Waals surface area contributed by atoms with E-state index in [2.05, 4.69) is 63.8 Å².